The summed E-state index contributed by atoms with van der Waals surface area (Å²) in [5.74, 6) is 0.0142. The highest BCUT2D eigenvalue weighted by Gasteiger charge is 2.17. The third-order valence-electron chi connectivity index (χ3n) is 4.68. The highest BCUT2D eigenvalue weighted by Crippen LogP contribution is 2.28. The van der Waals surface area contributed by atoms with Gasteiger partial charge in [0.15, 0.2) is 0 Å². The van der Waals surface area contributed by atoms with Gasteiger partial charge in [-0.25, -0.2) is 0 Å². The minimum Gasteiger partial charge on any atom is -0.496 e. The number of ether oxygens (including phenoxy) is 3. The number of amides is 2. The third kappa shape index (κ3) is 6.10. The van der Waals surface area contributed by atoms with E-state index in [1.807, 2.05) is 0 Å². The molecule has 0 aliphatic rings. The van der Waals surface area contributed by atoms with Crippen LogP contribution in [0.3, 0.4) is 0 Å². The van der Waals surface area contributed by atoms with Gasteiger partial charge in [-0.1, -0.05) is 24.3 Å². The molecule has 2 amide bonds. The van der Waals surface area contributed by atoms with E-state index in [9.17, 15) is 14.4 Å². The Hall–Kier alpha value is -4.33. The quantitative estimate of drug-likeness (QED) is 0.401. The van der Waals surface area contributed by atoms with Gasteiger partial charge in [0.25, 0.3) is 11.8 Å². The van der Waals surface area contributed by atoms with Crippen LogP contribution in [-0.2, 0) is 11.3 Å². The average Bonchev–Trinajstić information content (AvgIpc) is 2.82. The van der Waals surface area contributed by atoms with E-state index >= 15 is 0 Å². The van der Waals surface area contributed by atoms with Crippen LogP contribution in [0, 0.1) is 0 Å². The van der Waals surface area contributed by atoms with Gasteiger partial charge in [-0.2, -0.15) is 0 Å². The molecule has 0 spiro atoms. The Morgan fingerprint density at radius 3 is 2.06 bits per heavy atom. The molecular weight excluding hydrogens is 424 g/mol. The van der Waals surface area contributed by atoms with E-state index < -0.39 is 5.97 Å². The molecule has 0 fully saturated rings. The molecule has 170 valence electrons. The van der Waals surface area contributed by atoms with Gasteiger partial charge in [0.1, 0.15) is 22.8 Å². The number of carbonyl (C=O) groups is 3. The second-order valence-electron chi connectivity index (χ2n) is 6.99. The lowest BCUT2D eigenvalue weighted by molar-refractivity contribution is -0.131. The number of methoxy groups -OCH3 is 2. The summed E-state index contributed by atoms with van der Waals surface area (Å²) in [6, 6.07) is 18.5. The predicted molar refractivity (Wildman–Crippen MR) is 123 cm³/mol. The fourth-order valence-corrected chi connectivity index (χ4v) is 3.12. The Morgan fingerprint density at radius 1 is 0.818 bits per heavy atom. The van der Waals surface area contributed by atoms with E-state index in [4.69, 9.17) is 14.2 Å². The molecule has 3 aromatic rings. The van der Waals surface area contributed by atoms with E-state index in [1.165, 1.54) is 27.2 Å². The summed E-state index contributed by atoms with van der Waals surface area (Å²) in [5, 5.41) is 5.63. The van der Waals surface area contributed by atoms with Crippen LogP contribution in [0.25, 0.3) is 0 Å². The molecule has 8 nitrogen and oxygen atoms in total. The van der Waals surface area contributed by atoms with E-state index in [2.05, 4.69) is 10.6 Å². The van der Waals surface area contributed by atoms with Crippen molar-refractivity contribution < 1.29 is 28.6 Å². The van der Waals surface area contributed by atoms with Crippen molar-refractivity contribution in [3.8, 4) is 17.2 Å². The summed E-state index contributed by atoms with van der Waals surface area (Å²) in [7, 11) is 2.98. The van der Waals surface area contributed by atoms with Gasteiger partial charge >= 0.3 is 5.97 Å². The number of hydrogen-bond acceptors (Lipinski definition) is 6. The second-order valence-corrected chi connectivity index (χ2v) is 6.99. The maximum atomic E-state index is 12.7. The molecule has 0 heterocycles. The Bertz CT molecular complexity index is 1140. The van der Waals surface area contributed by atoms with Crippen LogP contribution in [0.1, 0.15) is 33.2 Å². The molecular formula is C25H24N2O6. The summed E-state index contributed by atoms with van der Waals surface area (Å²) in [6.45, 7) is 1.57. The van der Waals surface area contributed by atoms with Crippen molar-refractivity contribution in [3.05, 3.63) is 83.4 Å². The molecule has 0 aliphatic heterocycles. The lowest BCUT2D eigenvalue weighted by Crippen LogP contribution is -2.24. The third-order valence-corrected chi connectivity index (χ3v) is 4.68. The van der Waals surface area contributed by atoms with Crippen LogP contribution in [0.2, 0.25) is 0 Å². The molecule has 8 heteroatoms. The maximum absolute atomic E-state index is 12.7. The van der Waals surface area contributed by atoms with Crippen molar-refractivity contribution in [2.24, 2.45) is 0 Å². The van der Waals surface area contributed by atoms with E-state index in [0.29, 0.717) is 34.1 Å². The molecule has 0 bridgehead atoms. The largest absolute Gasteiger partial charge is 0.496 e. The van der Waals surface area contributed by atoms with Crippen molar-refractivity contribution in [2.45, 2.75) is 13.5 Å². The molecule has 0 unspecified atom stereocenters. The van der Waals surface area contributed by atoms with Gasteiger partial charge in [-0.05, 0) is 48.0 Å². The molecule has 3 aromatic carbocycles. The van der Waals surface area contributed by atoms with Crippen LogP contribution >= 0.6 is 0 Å². The van der Waals surface area contributed by atoms with Crippen LogP contribution < -0.4 is 24.8 Å². The summed E-state index contributed by atoms with van der Waals surface area (Å²) in [5.41, 5.74) is 2.10. The summed E-state index contributed by atoms with van der Waals surface area (Å²) < 4.78 is 15.6. The van der Waals surface area contributed by atoms with Gasteiger partial charge in [0.2, 0.25) is 0 Å². The van der Waals surface area contributed by atoms with Crippen LogP contribution in [-0.4, -0.2) is 32.0 Å². The van der Waals surface area contributed by atoms with Crippen LogP contribution in [0.5, 0.6) is 17.2 Å². The summed E-state index contributed by atoms with van der Waals surface area (Å²) in [6.07, 6.45) is 0. The first-order valence-corrected chi connectivity index (χ1v) is 10.1. The summed E-state index contributed by atoms with van der Waals surface area (Å²) in [4.78, 5) is 36.3. The minimum atomic E-state index is -0.459. The number of benzene rings is 3. The normalized spacial score (nSPS) is 10.2. The fraction of sp³-hybridized carbons (Fsp3) is 0.160. The van der Waals surface area contributed by atoms with E-state index in [-0.39, 0.29) is 18.4 Å². The van der Waals surface area contributed by atoms with Gasteiger partial charge < -0.3 is 24.8 Å². The first kappa shape index (κ1) is 23.3. The van der Waals surface area contributed by atoms with Crippen molar-refractivity contribution >= 4 is 23.5 Å². The topological polar surface area (TPSA) is 103 Å². The minimum absolute atomic E-state index is 0.276. The molecule has 0 saturated heterocycles. The van der Waals surface area contributed by atoms with E-state index in [0.717, 1.165) is 5.56 Å². The average molecular weight is 448 g/mol. The first-order chi connectivity index (χ1) is 15.9. The lowest BCUT2D eigenvalue weighted by atomic mass is 10.1. The zero-order chi connectivity index (χ0) is 23.8. The van der Waals surface area contributed by atoms with Gasteiger partial charge in [0.05, 0.1) is 14.2 Å². The Morgan fingerprint density at radius 2 is 1.45 bits per heavy atom. The predicted octanol–water partition coefficient (Wildman–Crippen LogP) is 3.81. The molecule has 3 rings (SSSR count). The van der Waals surface area contributed by atoms with Gasteiger partial charge in [-0.15, -0.1) is 0 Å². The van der Waals surface area contributed by atoms with Crippen LogP contribution in [0.15, 0.2) is 66.7 Å². The highest BCUT2D eigenvalue weighted by molar-refractivity contribution is 6.04. The van der Waals surface area contributed by atoms with Gasteiger partial charge in [-0.3, -0.25) is 14.4 Å². The Labute approximate surface area is 191 Å². The number of carbonyl (C=O) groups excluding carboxylic acids is 3. The molecule has 33 heavy (non-hydrogen) atoms. The molecule has 0 saturated carbocycles. The Kier molecular flexibility index (Phi) is 7.64. The molecule has 0 aromatic heterocycles. The smallest absolute Gasteiger partial charge is 0.308 e. The molecule has 0 atom stereocenters. The number of nitrogens with one attached hydrogen (secondary N) is 2. The van der Waals surface area contributed by atoms with Crippen molar-refractivity contribution in [2.75, 3.05) is 19.5 Å². The fourth-order valence-electron chi connectivity index (χ4n) is 3.12. The molecule has 0 radical (unpaired) electrons. The molecule has 0 aliphatic carbocycles. The standard InChI is InChI=1S/C25H24N2O6/c1-16(28)33-20-7-4-6-18(14-20)24(29)27-19-12-10-17(11-13-19)15-26-25(30)23-21(31-2)8-5-9-22(23)32-3/h4-14H,15H2,1-3H3,(H,26,30)(H,27,29). The van der Waals surface area contributed by atoms with Gasteiger partial charge in [0, 0.05) is 24.7 Å². The zero-order valence-electron chi connectivity index (χ0n) is 18.5. The lowest BCUT2D eigenvalue weighted by Gasteiger charge is -2.13. The van der Waals surface area contributed by atoms with Crippen molar-refractivity contribution in [1.82, 2.24) is 5.32 Å². The Balaban J connectivity index is 1.62. The number of esters is 1. The van der Waals surface area contributed by atoms with Crippen molar-refractivity contribution in [3.63, 3.8) is 0 Å². The van der Waals surface area contributed by atoms with E-state index in [1.54, 1.807) is 60.7 Å². The SMILES string of the molecule is COc1cccc(OC)c1C(=O)NCc1ccc(NC(=O)c2cccc(OC(C)=O)c2)cc1. The maximum Gasteiger partial charge on any atom is 0.308 e. The zero-order valence-corrected chi connectivity index (χ0v) is 18.5. The first-order valence-electron chi connectivity index (χ1n) is 10.1. The number of rotatable bonds is 8. The van der Waals surface area contributed by atoms with Crippen molar-refractivity contribution in [1.29, 1.82) is 0 Å². The number of hydrogen-bond donors (Lipinski definition) is 2. The monoisotopic (exact) mass is 448 g/mol. The second kappa shape index (κ2) is 10.8. The summed E-state index contributed by atoms with van der Waals surface area (Å²) >= 11 is 0. The van der Waals surface area contributed by atoms with Crippen LogP contribution in [0.4, 0.5) is 5.69 Å². The molecule has 2 N–H and O–H groups in total. The highest BCUT2D eigenvalue weighted by atomic mass is 16.5. The number of anilines is 1.